The molecule has 1 N–H and O–H groups in total. The van der Waals surface area contributed by atoms with Crippen LogP contribution in [0.1, 0.15) is 11.1 Å². The van der Waals surface area contributed by atoms with Gasteiger partial charge in [-0.25, -0.2) is 0 Å². The van der Waals surface area contributed by atoms with Crippen LogP contribution in [0.3, 0.4) is 0 Å². The molecule has 0 bridgehead atoms. The number of hydrogen-bond donors (Lipinski definition) is 1. The topological polar surface area (TPSA) is 50.9 Å². The molecule has 0 unspecified atom stereocenters. The number of nitrogens with zero attached hydrogens (tertiary/aromatic N) is 3. The third-order valence-corrected chi connectivity index (χ3v) is 4.91. The van der Waals surface area contributed by atoms with E-state index in [0.29, 0.717) is 5.69 Å². The number of aromatic nitrogens is 3. The maximum absolute atomic E-state index is 10.2. The molecule has 0 atom stereocenters. The van der Waals surface area contributed by atoms with Gasteiger partial charge in [-0.2, -0.15) is 0 Å². The molecule has 0 aliphatic heterocycles. The Bertz CT molecular complexity index is 788. The van der Waals surface area contributed by atoms with Crippen molar-refractivity contribution >= 4 is 42.9 Å². The average Bonchev–Trinajstić information content (AvgIpc) is 2.77. The normalized spacial score (nSPS) is 11.2. The number of phenolic OH excluding ortho intramolecular Hbond substituents is 1. The van der Waals surface area contributed by atoms with Crippen molar-refractivity contribution in [3.63, 3.8) is 0 Å². The number of benzene rings is 2. The Morgan fingerprint density at radius 3 is 2.05 bits per heavy atom. The molecule has 0 saturated carbocycles. The fourth-order valence-electron chi connectivity index (χ4n) is 2.11. The summed E-state index contributed by atoms with van der Waals surface area (Å²) >= 11 is 6.89. The first-order valence-electron chi connectivity index (χ1n) is 5.98. The highest BCUT2D eigenvalue weighted by molar-refractivity contribution is 9.13. The quantitative estimate of drug-likeness (QED) is 0.668. The van der Waals surface area contributed by atoms with Crippen LogP contribution in [0.2, 0.25) is 0 Å². The minimum Gasteiger partial charge on any atom is -0.505 e. The predicted molar refractivity (Wildman–Crippen MR) is 85.4 cm³/mol. The van der Waals surface area contributed by atoms with E-state index in [4.69, 9.17) is 0 Å². The molecular weight excluding hydrogens is 386 g/mol. The summed E-state index contributed by atoms with van der Waals surface area (Å²) in [6, 6.07) is 7.58. The van der Waals surface area contributed by atoms with Crippen LogP contribution < -0.4 is 0 Å². The highest BCUT2D eigenvalue weighted by Crippen LogP contribution is 2.30. The molecule has 2 aromatic carbocycles. The molecule has 4 nitrogen and oxygen atoms in total. The Balaban J connectivity index is 2.25. The third-order valence-electron chi connectivity index (χ3n) is 3.06. The largest absolute Gasteiger partial charge is 0.505 e. The van der Waals surface area contributed by atoms with Gasteiger partial charge in [-0.05, 0) is 75.0 Å². The molecule has 1 aromatic heterocycles. The fourth-order valence-corrected chi connectivity index (χ4v) is 2.77. The van der Waals surface area contributed by atoms with E-state index in [1.165, 1.54) is 4.80 Å². The van der Waals surface area contributed by atoms with Crippen LogP contribution >= 0.6 is 31.9 Å². The molecule has 0 fully saturated rings. The number of phenols is 1. The third kappa shape index (κ3) is 2.23. The average molecular weight is 397 g/mol. The van der Waals surface area contributed by atoms with Crippen molar-refractivity contribution in [2.75, 3.05) is 0 Å². The number of halogens is 2. The standard InChI is InChI=1S/C14H11Br2N3O/c1-7-3-8(2)14(20)13(4-7)19-17-11-5-9(15)10(16)6-12(11)18-19/h3-6,20H,1-2H3. The van der Waals surface area contributed by atoms with E-state index in [9.17, 15) is 5.11 Å². The van der Waals surface area contributed by atoms with Gasteiger partial charge < -0.3 is 5.11 Å². The van der Waals surface area contributed by atoms with E-state index in [2.05, 4.69) is 42.1 Å². The van der Waals surface area contributed by atoms with E-state index in [0.717, 1.165) is 31.1 Å². The van der Waals surface area contributed by atoms with Gasteiger partial charge in [0.15, 0.2) is 0 Å². The van der Waals surface area contributed by atoms with Gasteiger partial charge in [-0.15, -0.1) is 15.0 Å². The van der Waals surface area contributed by atoms with Crippen LogP contribution in [0.4, 0.5) is 0 Å². The van der Waals surface area contributed by atoms with Gasteiger partial charge in [-0.1, -0.05) is 6.07 Å². The fraction of sp³-hybridized carbons (Fsp3) is 0.143. The Morgan fingerprint density at radius 1 is 0.950 bits per heavy atom. The molecule has 0 aliphatic rings. The summed E-state index contributed by atoms with van der Waals surface area (Å²) in [6.45, 7) is 3.84. The van der Waals surface area contributed by atoms with E-state index in [1.807, 2.05) is 38.1 Å². The number of rotatable bonds is 1. The van der Waals surface area contributed by atoms with Crippen molar-refractivity contribution in [1.82, 2.24) is 15.0 Å². The highest BCUT2D eigenvalue weighted by atomic mass is 79.9. The van der Waals surface area contributed by atoms with Crippen LogP contribution in [0.25, 0.3) is 16.7 Å². The van der Waals surface area contributed by atoms with Crippen molar-refractivity contribution in [1.29, 1.82) is 0 Å². The first-order valence-corrected chi connectivity index (χ1v) is 7.57. The van der Waals surface area contributed by atoms with E-state index in [1.54, 1.807) is 0 Å². The zero-order chi connectivity index (χ0) is 14.4. The molecule has 0 amide bonds. The first kappa shape index (κ1) is 13.6. The van der Waals surface area contributed by atoms with Crippen molar-refractivity contribution < 1.29 is 5.11 Å². The second kappa shape index (κ2) is 4.86. The summed E-state index contributed by atoms with van der Waals surface area (Å²) in [7, 11) is 0. The molecule has 0 radical (unpaired) electrons. The molecule has 102 valence electrons. The van der Waals surface area contributed by atoms with Gasteiger partial charge in [0, 0.05) is 8.95 Å². The molecule has 20 heavy (non-hydrogen) atoms. The predicted octanol–water partition coefficient (Wildman–Crippen LogP) is 4.27. The summed E-state index contributed by atoms with van der Waals surface area (Å²) in [6.07, 6.45) is 0. The van der Waals surface area contributed by atoms with Gasteiger partial charge in [0.25, 0.3) is 0 Å². The Morgan fingerprint density at radius 2 is 1.50 bits per heavy atom. The number of aromatic hydroxyl groups is 1. The van der Waals surface area contributed by atoms with E-state index in [-0.39, 0.29) is 5.75 Å². The molecule has 3 rings (SSSR count). The van der Waals surface area contributed by atoms with Crippen molar-refractivity contribution in [2.45, 2.75) is 13.8 Å². The molecular formula is C14H11Br2N3O. The summed E-state index contributed by atoms with van der Waals surface area (Å²) in [4.78, 5) is 1.47. The lowest BCUT2D eigenvalue weighted by Gasteiger charge is -2.07. The second-order valence-electron chi connectivity index (χ2n) is 4.69. The van der Waals surface area contributed by atoms with E-state index >= 15 is 0 Å². The molecule has 1 heterocycles. The lowest BCUT2D eigenvalue weighted by molar-refractivity contribution is 0.463. The number of hydrogen-bond acceptors (Lipinski definition) is 3. The minimum absolute atomic E-state index is 0.203. The minimum atomic E-state index is 0.203. The first-order chi connectivity index (χ1) is 9.45. The van der Waals surface area contributed by atoms with Crippen LogP contribution in [-0.2, 0) is 0 Å². The highest BCUT2D eigenvalue weighted by Gasteiger charge is 2.12. The van der Waals surface area contributed by atoms with Gasteiger partial charge in [0.2, 0.25) is 0 Å². The van der Waals surface area contributed by atoms with Crippen LogP contribution in [0, 0.1) is 13.8 Å². The Labute approximate surface area is 132 Å². The van der Waals surface area contributed by atoms with Gasteiger partial charge >= 0.3 is 0 Å². The zero-order valence-corrected chi connectivity index (χ0v) is 14.0. The van der Waals surface area contributed by atoms with Gasteiger partial charge in [0.05, 0.1) is 0 Å². The summed E-state index contributed by atoms with van der Waals surface area (Å²) < 4.78 is 1.84. The summed E-state index contributed by atoms with van der Waals surface area (Å²) in [5.41, 5.74) is 3.98. The number of aryl methyl sites for hydroxylation is 2. The summed E-state index contributed by atoms with van der Waals surface area (Å²) in [5, 5.41) is 19.0. The maximum Gasteiger partial charge on any atom is 0.146 e. The smallest absolute Gasteiger partial charge is 0.146 e. The number of fused-ring (bicyclic) bond motifs is 1. The van der Waals surface area contributed by atoms with Gasteiger partial charge in [0.1, 0.15) is 22.5 Å². The second-order valence-corrected chi connectivity index (χ2v) is 6.40. The zero-order valence-electron chi connectivity index (χ0n) is 10.9. The lowest BCUT2D eigenvalue weighted by Crippen LogP contribution is -2.00. The van der Waals surface area contributed by atoms with Gasteiger partial charge in [-0.3, -0.25) is 0 Å². The lowest BCUT2D eigenvalue weighted by atomic mass is 10.1. The Kier molecular flexibility index (Phi) is 3.30. The van der Waals surface area contributed by atoms with Crippen molar-refractivity contribution in [2.24, 2.45) is 0 Å². The molecule has 6 heteroatoms. The molecule has 3 aromatic rings. The van der Waals surface area contributed by atoms with E-state index < -0.39 is 0 Å². The monoisotopic (exact) mass is 395 g/mol. The van der Waals surface area contributed by atoms with Crippen LogP contribution in [0.5, 0.6) is 5.75 Å². The van der Waals surface area contributed by atoms with Crippen LogP contribution in [0.15, 0.2) is 33.2 Å². The maximum atomic E-state index is 10.2. The molecule has 0 saturated heterocycles. The summed E-state index contributed by atoms with van der Waals surface area (Å²) in [5.74, 6) is 0.203. The SMILES string of the molecule is Cc1cc(C)c(O)c(-n2nc3cc(Br)c(Br)cc3n2)c1. The molecule has 0 spiro atoms. The van der Waals surface area contributed by atoms with Crippen molar-refractivity contribution in [3.8, 4) is 11.4 Å². The molecule has 0 aliphatic carbocycles. The van der Waals surface area contributed by atoms with Crippen molar-refractivity contribution in [3.05, 3.63) is 44.3 Å². The Hall–Kier alpha value is -1.40. The van der Waals surface area contributed by atoms with Crippen LogP contribution in [-0.4, -0.2) is 20.1 Å².